The molecule has 1 saturated heterocycles. The minimum Gasteiger partial charge on any atom is -0.393 e. The molecule has 18 heavy (non-hydrogen) atoms. The molecule has 2 N–H and O–H groups in total. The van der Waals surface area contributed by atoms with Crippen molar-refractivity contribution in [2.45, 2.75) is 44.8 Å². The molecule has 0 aliphatic carbocycles. The third kappa shape index (κ3) is 5.23. The Morgan fingerprint density at radius 1 is 1.44 bits per heavy atom. The minimum atomic E-state index is -0.202. The fourth-order valence-electron chi connectivity index (χ4n) is 2.26. The van der Waals surface area contributed by atoms with Crippen LogP contribution in [0.3, 0.4) is 0 Å². The molecule has 5 heteroatoms. The van der Waals surface area contributed by atoms with Crippen LogP contribution in [0.4, 0.5) is 4.79 Å². The quantitative estimate of drug-likeness (QED) is 0.719. The Labute approximate surface area is 110 Å². The summed E-state index contributed by atoms with van der Waals surface area (Å²) in [4.78, 5) is 15.3. The second-order valence-corrected chi connectivity index (χ2v) is 5.38. The molecule has 1 fully saturated rings. The zero-order valence-electron chi connectivity index (χ0n) is 11.9. The standard InChI is InChI=1S/C13H27N3O2/c1-11(17)5-4-8-14-12-6-9-16(10-7-12)13(18)15(2)3/h11-12,14,17H,4-10H2,1-3H3. The van der Waals surface area contributed by atoms with E-state index in [1.807, 2.05) is 11.8 Å². The number of carbonyl (C=O) groups excluding carboxylic acids is 1. The summed E-state index contributed by atoms with van der Waals surface area (Å²) in [5.41, 5.74) is 0. The SMILES string of the molecule is CC(O)CCCNC1CCN(C(=O)N(C)C)CC1. The van der Waals surface area contributed by atoms with E-state index in [9.17, 15) is 4.79 Å². The van der Waals surface area contributed by atoms with Gasteiger partial charge in [-0.1, -0.05) is 0 Å². The number of urea groups is 1. The van der Waals surface area contributed by atoms with Crippen molar-refractivity contribution in [3.05, 3.63) is 0 Å². The Bertz CT molecular complexity index is 249. The first-order chi connectivity index (χ1) is 8.50. The highest BCUT2D eigenvalue weighted by Gasteiger charge is 2.23. The summed E-state index contributed by atoms with van der Waals surface area (Å²) in [6.45, 7) is 4.46. The van der Waals surface area contributed by atoms with E-state index in [0.29, 0.717) is 6.04 Å². The third-order valence-electron chi connectivity index (χ3n) is 3.38. The smallest absolute Gasteiger partial charge is 0.319 e. The second-order valence-electron chi connectivity index (χ2n) is 5.38. The lowest BCUT2D eigenvalue weighted by molar-refractivity contribution is 0.151. The van der Waals surface area contributed by atoms with E-state index in [-0.39, 0.29) is 12.1 Å². The molecule has 0 aromatic rings. The van der Waals surface area contributed by atoms with Gasteiger partial charge < -0.3 is 20.2 Å². The summed E-state index contributed by atoms with van der Waals surface area (Å²) in [7, 11) is 3.59. The molecule has 1 atom stereocenters. The first-order valence-electron chi connectivity index (χ1n) is 6.88. The number of aliphatic hydroxyl groups excluding tert-OH is 1. The van der Waals surface area contributed by atoms with Crippen molar-refractivity contribution in [2.75, 3.05) is 33.7 Å². The molecular formula is C13H27N3O2. The zero-order chi connectivity index (χ0) is 13.5. The fourth-order valence-corrected chi connectivity index (χ4v) is 2.26. The van der Waals surface area contributed by atoms with Crippen LogP contribution in [0.15, 0.2) is 0 Å². The zero-order valence-corrected chi connectivity index (χ0v) is 11.9. The van der Waals surface area contributed by atoms with Gasteiger partial charge in [-0.3, -0.25) is 0 Å². The topological polar surface area (TPSA) is 55.8 Å². The third-order valence-corrected chi connectivity index (χ3v) is 3.38. The van der Waals surface area contributed by atoms with Crippen LogP contribution >= 0.6 is 0 Å². The maximum Gasteiger partial charge on any atom is 0.319 e. The largest absolute Gasteiger partial charge is 0.393 e. The van der Waals surface area contributed by atoms with Gasteiger partial charge in [0.15, 0.2) is 0 Å². The van der Waals surface area contributed by atoms with Gasteiger partial charge in [0.1, 0.15) is 0 Å². The molecular weight excluding hydrogens is 230 g/mol. The number of piperidine rings is 1. The van der Waals surface area contributed by atoms with E-state index in [1.165, 1.54) is 0 Å². The van der Waals surface area contributed by atoms with Gasteiger partial charge in [-0.25, -0.2) is 4.79 Å². The van der Waals surface area contributed by atoms with E-state index in [2.05, 4.69) is 5.32 Å². The van der Waals surface area contributed by atoms with E-state index >= 15 is 0 Å². The molecule has 1 aliphatic rings. The molecule has 0 aromatic carbocycles. The van der Waals surface area contributed by atoms with Crippen molar-refractivity contribution in [1.29, 1.82) is 0 Å². The van der Waals surface area contributed by atoms with Crippen LogP contribution in [0.25, 0.3) is 0 Å². The molecule has 106 valence electrons. The van der Waals surface area contributed by atoms with Gasteiger partial charge in [0, 0.05) is 33.2 Å². The molecule has 0 radical (unpaired) electrons. The average Bonchev–Trinajstić information content (AvgIpc) is 2.34. The summed E-state index contributed by atoms with van der Waals surface area (Å²) < 4.78 is 0. The highest BCUT2D eigenvalue weighted by atomic mass is 16.3. The summed E-state index contributed by atoms with van der Waals surface area (Å²) in [5.74, 6) is 0. The van der Waals surface area contributed by atoms with Gasteiger partial charge in [-0.05, 0) is 39.2 Å². The van der Waals surface area contributed by atoms with Crippen LogP contribution in [0, 0.1) is 0 Å². The molecule has 2 amide bonds. The number of nitrogens with zero attached hydrogens (tertiary/aromatic N) is 2. The van der Waals surface area contributed by atoms with E-state index in [4.69, 9.17) is 5.11 Å². The van der Waals surface area contributed by atoms with Gasteiger partial charge in [-0.15, -0.1) is 0 Å². The number of likely N-dealkylation sites (tertiary alicyclic amines) is 1. The number of hydrogen-bond acceptors (Lipinski definition) is 3. The number of aliphatic hydroxyl groups is 1. The molecule has 1 heterocycles. The molecule has 0 spiro atoms. The Morgan fingerprint density at radius 3 is 2.56 bits per heavy atom. The van der Waals surface area contributed by atoms with Gasteiger partial charge in [0.05, 0.1) is 6.10 Å². The lowest BCUT2D eigenvalue weighted by atomic mass is 10.0. The van der Waals surface area contributed by atoms with Crippen molar-refractivity contribution in [1.82, 2.24) is 15.1 Å². The molecule has 1 aliphatic heterocycles. The monoisotopic (exact) mass is 257 g/mol. The van der Waals surface area contributed by atoms with Crippen molar-refractivity contribution in [3.8, 4) is 0 Å². The molecule has 1 rings (SSSR count). The summed E-state index contributed by atoms with van der Waals surface area (Å²) in [6.07, 6.45) is 3.70. The highest BCUT2D eigenvalue weighted by molar-refractivity contribution is 5.73. The molecule has 0 saturated carbocycles. The van der Waals surface area contributed by atoms with Crippen LogP contribution in [-0.2, 0) is 0 Å². The predicted octanol–water partition coefficient (Wildman–Crippen LogP) is 0.883. The first-order valence-corrected chi connectivity index (χ1v) is 6.88. The Hall–Kier alpha value is -0.810. The highest BCUT2D eigenvalue weighted by Crippen LogP contribution is 2.11. The van der Waals surface area contributed by atoms with Crippen molar-refractivity contribution < 1.29 is 9.90 Å². The maximum atomic E-state index is 11.7. The van der Waals surface area contributed by atoms with Crippen molar-refractivity contribution in [2.24, 2.45) is 0 Å². The Morgan fingerprint density at radius 2 is 2.06 bits per heavy atom. The normalized spacial score (nSPS) is 18.8. The molecule has 5 nitrogen and oxygen atoms in total. The Balaban J connectivity index is 2.14. The van der Waals surface area contributed by atoms with Crippen LogP contribution in [0.5, 0.6) is 0 Å². The second kappa shape index (κ2) is 7.59. The van der Waals surface area contributed by atoms with Gasteiger partial charge in [0.25, 0.3) is 0 Å². The number of nitrogens with one attached hydrogen (secondary N) is 1. The molecule has 1 unspecified atom stereocenters. The fraction of sp³-hybridized carbons (Fsp3) is 0.923. The summed E-state index contributed by atoms with van der Waals surface area (Å²) in [6, 6.07) is 0.632. The van der Waals surface area contributed by atoms with Crippen molar-refractivity contribution >= 4 is 6.03 Å². The summed E-state index contributed by atoms with van der Waals surface area (Å²) >= 11 is 0. The first kappa shape index (κ1) is 15.2. The van der Waals surface area contributed by atoms with E-state index in [1.54, 1.807) is 19.0 Å². The summed E-state index contributed by atoms with van der Waals surface area (Å²) in [5, 5.41) is 12.7. The van der Waals surface area contributed by atoms with Gasteiger partial charge >= 0.3 is 6.03 Å². The number of hydrogen-bond donors (Lipinski definition) is 2. The van der Waals surface area contributed by atoms with Crippen LogP contribution in [0.1, 0.15) is 32.6 Å². The average molecular weight is 257 g/mol. The van der Waals surface area contributed by atoms with Crippen LogP contribution < -0.4 is 5.32 Å². The van der Waals surface area contributed by atoms with Gasteiger partial charge in [0.2, 0.25) is 0 Å². The number of rotatable bonds is 5. The lowest BCUT2D eigenvalue weighted by Gasteiger charge is -2.34. The van der Waals surface area contributed by atoms with Crippen LogP contribution in [-0.4, -0.2) is 66.8 Å². The van der Waals surface area contributed by atoms with E-state index < -0.39 is 0 Å². The van der Waals surface area contributed by atoms with Gasteiger partial charge in [-0.2, -0.15) is 0 Å². The number of carbonyl (C=O) groups is 1. The van der Waals surface area contributed by atoms with E-state index in [0.717, 1.165) is 45.3 Å². The molecule has 0 aromatic heterocycles. The Kier molecular flexibility index (Phi) is 6.43. The van der Waals surface area contributed by atoms with Crippen LogP contribution in [0.2, 0.25) is 0 Å². The van der Waals surface area contributed by atoms with Crippen molar-refractivity contribution in [3.63, 3.8) is 0 Å². The molecule has 0 bridgehead atoms. The lowest BCUT2D eigenvalue weighted by Crippen LogP contribution is -2.48. The maximum absolute atomic E-state index is 11.7. The predicted molar refractivity (Wildman–Crippen MR) is 72.6 cm³/mol. The minimum absolute atomic E-state index is 0.113. The number of amides is 2.